The minimum atomic E-state index is -0.356. The van der Waals surface area contributed by atoms with Gasteiger partial charge in [-0.15, -0.1) is 0 Å². The Morgan fingerprint density at radius 3 is 2.65 bits per heavy atom. The van der Waals surface area contributed by atoms with Crippen molar-refractivity contribution >= 4 is 0 Å². The van der Waals surface area contributed by atoms with Crippen LogP contribution in [0.15, 0.2) is 18.2 Å². The molecular formula is C17H27NO2. The largest absolute Gasteiger partial charge is 0.491 e. The fourth-order valence-corrected chi connectivity index (χ4v) is 3.00. The molecule has 0 saturated heterocycles. The first-order chi connectivity index (χ1) is 9.56. The zero-order chi connectivity index (χ0) is 14.5. The summed E-state index contributed by atoms with van der Waals surface area (Å²) in [6.45, 7) is 4.38. The maximum absolute atomic E-state index is 10.1. The van der Waals surface area contributed by atoms with E-state index in [0.29, 0.717) is 12.5 Å². The lowest BCUT2D eigenvalue weighted by Gasteiger charge is -2.17. The van der Waals surface area contributed by atoms with Gasteiger partial charge in [0, 0.05) is 6.04 Å². The summed E-state index contributed by atoms with van der Waals surface area (Å²) < 4.78 is 5.75. The molecule has 1 unspecified atom stereocenters. The SMILES string of the molecule is Cc1cc([C@H](C)N)ccc1OCC(O)CC1CCCC1. The van der Waals surface area contributed by atoms with Crippen molar-refractivity contribution in [1.29, 1.82) is 0 Å². The van der Waals surface area contributed by atoms with Gasteiger partial charge in [0.2, 0.25) is 0 Å². The highest BCUT2D eigenvalue weighted by atomic mass is 16.5. The highest BCUT2D eigenvalue weighted by Gasteiger charge is 2.19. The Balaban J connectivity index is 1.83. The first kappa shape index (κ1) is 15.3. The number of hydrogen-bond acceptors (Lipinski definition) is 3. The summed E-state index contributed by atoms with van der Waals surface area (Å²) in [6.07, 6.45) is 5.67. The summed E-state index contributed by atoms with van der Waals surface area (Å²) >= 11 is 0. The number of benzene rings is 1. The van der Waals surface area contributed by atoms with Gasteiger partial charge in [-0.1, -0.05) is 37.8 Å². The van der Waals surface area contributed by atoms with Crippen LogP contribution in [0.3, 0.4) is 0 Å². The number of aliphatic hydroxyl groups excluding tert-OH is 1. The van der Waals surface area contributed by atoms with Crippen molar-refractivity contribution < 1.29 is 9.84 Å². The van der Waals surface area contributed by atoms with Gasteiger partial charge in [-0.3, -0.25) is 0 Å². The minimum Gasteiger partial charge on any atom is -0.491 e. The smallest absolute Gasteiger partial charge is 0.122 e. The lowest BCUT2D eigenvalue weighted by Crippen LogP contribution is -2.20. The molecule has 3 nitrogen and oxygen atoms in total. The van der Waals surface area contributed by atoms with E-state index in [2.05, 4.69) is 6.07 Å². The number of nitrogens with two attached hydrogens (primary N) is 1. The Morgan fingerprint density at radius 1 is 1.35 bits per heavy atom. The van der Waals surface area contributed by atoms with Crippen LogP contribution in [-0.4, -0.2) is 17.8 Å². The number of aryl methyl sites for hydroxylation is 1. The van der Waals surface area contributed by atoms with E-state index >= 15 is 0 Å². The van der Waals surface area contributed by atoms with E-state index < -0.39 is 0 Å². The highest BCUT2D eigenvalue weighted by molar-refractivity contribution is 5.37. The van der Waals surface area contributed by atoms with Crippen molar-refractivity contribution in [2.75, 3.05) is 6.61 Å². The van der Waals surface area contributed by atoms with Crippen LogP contribution in [0.5, 0.6) is 5.75 Å². The third-order valence-corrected chi connectivity index (χ3v) is 4.24. The Labute approximate surface area is 122 Å². The second-order valence-electron chi connectivity index (χ2n) is 6.16. The summed E-state index contributed by atoms with van der Waals surface area (Å²) in [4.78, 5) is 0. The zero-order valence-corrected chi connectivity index (χ0v) is 12.6. The highest BCUT2D eigenvalue weighted by Crippen LogP contribution is 2.29. The summed E-state index contributed by atoms with van der Waals surface area (Å²) in [5, 5.41) is 10.1. The Bertz CT molecular complexity index is 425. The molecule has 3 N–H and O–H groups in total. The van der Waals surface area contributed by atoms with E-state index in [1.165, 1.54) is 25.7 Å². The van der Waals surface area contributed by atoms with Crippen molar-refractivity contribution in [3.05, 3.63) is 29.3 Å². The van der Waals surface area contributed by atoms with Crippen LogP contribution in [-0.2, 0) is 0 Å². The molecule has 1 aliphatic rings. The van der Waals surface area contributed by atoms with E-state index in [9.17, 15) is 5.11 Å². The number of aliphatic hydroxyl groups is 1. The lowest BCUT2D eigenvalue weighted by atomic mass is 10.0. The Kier molecular flexibility index (Phi) is 5.44. The average Bonchev–Trinajstić information content (AvgIpc) is 2.90. The molecule has 20 heavy (non-hydrogen) atoms. The average molecular weight is 277 g/mol. The van der Waals surface area contributed by atoms with Crippen molar-refractivity contribution in [3.8, 4) is 5.75 Å². The van der Waals surface area contributed by atoms with Crippen LogP contribution < -0.4 is 10.5 Å². The second kappa shape index (κ2) is 7.09. The van der Waals surface area contributed by atoms with Gasteiger partial charge in [-0.25, -0.2) is 0 Å². The van der Waals surface area contributed by atoms with Gasteiger partial charge >= 0.3 is 0 Å². The zero-order valence-electron chi connectivity index (χ0n) is 12.6. The molecule has 1 aromatic carbocycles. The predicted octanol–water partition coefficient (Wildman–Crippen LogP) is 3.33. The molecule has 0 aromatic heterocycles. The minimum absolute atomic E-state index is 0.0377. The molecule has 0 aliphatic heterocycles. The number of rotatable bonds is 6. The molecule has 2 atom stereocenters. The molecule has 0 radical (unpaired) electrons. The predicted molar refractivity (Wildman–Crippen MR) is 81.9 cm³/mol. The van der Waals surface area contributed by atoms with Gasteiger partial charge in [0.15, 0.2) is 0 Å². The van der Waals surface area contributed by atoms with Crippen LogP contribution in [0.4, 0.5) is 0 Å². The van der Waals surface area contributed by atoms with Crippen molar-refractivity contribution in [3.63, 3.8) is 0 Å². The molecule has 112 valence electrons. The summed E-state index contributed by atoms with van der Waals surface area (Å²) in [5.41, 5.74) is 8.05. The van der Waals surface area contributed by atoms with Gasteiger partial charge in [0.1, 0.15) is 12.4 Å². The number of ether oxygens (including phenoxy) is 1. The Morgan fingerprint density at radius 2 is 2.05 bits per heavy atom. The van der Waals surface area contributed by atoms with Crippen LogP contribution in [0, 0.1) is 12.8 Å². The molecule has 0 amide bonds. The standard InChI is InChI=1S/C17H27NO2/c1-12-9-15(13(2)18)7-8-17(12)20-11-16(19)10-14-5-3-4-6-14/h7-9,13-14,16,19H,3-6,10-11,18H2,1-2H3/t13-,16?/m0/s1. The molecule has 1 saturated carbocycles. The topological polar surface area (TPSA) is 55.5 Å². The molecule has 1 fully saturated rings. The van der Waals surface area contributed by atoms with E-state index in [1.807, 2.05) is 26.0 Å². The fourth-order valence-electron chi connectivity index (χ4n) is 3.00. The Hall–Kier alpha value is -1.06. The van der Waals surface area contributed by atoms with Crippen LogP contribution in [0.25, 0.3) is 0 Å². The number of hydrogen-bond donors (Lipinski definition) is 2. The van der Waals surface area contributed by atoms with Gasteiger partial charge < -0.3 is 15.6 Å². The maximum Gasteiger partial charge on any atom is 0.122 e. The second-order valence-corrected chi connectivity index (χ2v) is 6.16. The van der Waals surface area contributed by atoms with Gasteiger partial charge in [-0.2, -0.15) is 0 Å². The third-order valence-electron chi connectivity index (χ3n) is 4.24. The lowest BCUT2D eigenvalue weighted by molar-refractivity contribution is 0.0852. The quantitative estimate of drug-likeness (QED) is 0.838. The molecule has 2 rings (SSSR count). The van der Waals surface area contributed by atoms with Crippen LogP contribution >= 0.6 is 0 Å². The summed E-state index contributed by atoms with van der Waals surface area (Å²) in [7, 11) is 0. The first-order valence-corrected chi connectivity index (χ1v) is 7.73. The van der Waals surface area contributed by atoms with E-state index in [1.54, 1.807) is 0 Å². The maximum atomic E-state index is 10.1. The monoisotopic (exact) mass is 277 g/mol. The first-order valence-electron chi connectivity index (χ1n) is 7.73. The molecule has 0 heterocycles. The molecule has 0 bridgehead atoms. The molecule has 1 aliphatic carbocycles. The van der Waals surface area contributed by atoms with Crippen molar-refractivity contribution in [2.45, 2.75) is 58.1 Å². The van der Waals surface area contributed by atoms with Gasteiger partial charge in [-0.05, 0) is 43.4 Å². The van der Waals surface area contributed by atoms with Crippen molar-refractivity contribution in [2.24, 2.45) is 11.7 Å². The van der Waals surface area contributed by atoms with E-state index in [4.69, 9.17) is 10.5 Å². The van der Waals surface area contributed by atoms with E-state index in [-0.39, 0.29) is 12.1 Å². The molecule has 1 aromatic rings. The summed E-state index contributed by atoms with van der Waals surface area (Å²) in [6, 6.07) is 6.05. The van der Waals surface area contributed by atoms with E-state index in [0.717, 1.165) is 23.3 Å². The van der Waals surface area contributed by atoms with Crippen LogP contribution in [0.1, 0.15) is 56.2 Å². The van der Waals surface area contributed by atoms with Gasteiger partial charge in [0.25, 0.3) is 0 Å². The van der Waals surface area contributed by atoms with Gasteiger partial charge in [0.05, 0.1) is 6.10 Å². The molecule has 3 heteroatoms. The molecule has 0 spiro atoms. The van der Waals surface area contributed by atoms with Crippen LogP contribution in [0.2, 0.25) is 0 Å². The third kappa shape index (κ3) is 4.22. The normalized spacial score (nSPS) is 19.0. The summed E-state index contributed by atoms with van der Waals surface area (Å²) in [5.74, 6) is 1.54. The fraction of sp³-hybridized carbons (Fsp3) is 0.647. The molecular weight excluding hydrogens is 250 g/mol. The van der Waals surface area contributed by atoms with Crippen molar-refractivity contribution in [1.82, 2.24) is 0 Å².